The third-order valence-corrected chi connectivity index (χ3v) is 6.00. The van der Waals surface area contributed by atoms with Crippen molar-refractivity contribution in [1.82, 2.24) is 21.3 Å². The lowest BCUT2D eigenvalue weighted by Crippen LogP contribution is -2.54. The molecule has 37 heavy (non-hydrogen) atoms. The molecule has 0 aromatic heterocycles. The molecule has 0 aromatic rings. The zero-order valence-electron chi connectivity index (χ0n) is 24.7. The average molecular weight is 525 g/mol. The molecule has 4 atom stereocenters. The van der Waals surface area contributed by atoms with Crippen LogP contribution >= 0.6 is 0 Å². The molecule has 9 heteroatoms. The van der Waals surface area contributed by atoms with E-state index in [0.717, 1.165) is 6.42 Å². The van der Waals surface area contributed by atoms with Gasteiger partial charge in [0.25, 0.3) is 0 Å². The first-order valence-corrected chi connectivity index (χ1v) is 13.8. The fourth-order valence-corrected chi connectivity index (χ4v) is 3.74. The minimum Gasteiger partial charge on any atom is -0.354 e. The summed E-state index contributed by atoms with van der Waals surface area (Å²) in [4.78, 5) is 63.4. The van der Waals surface area contributed by atoms with Crippen LogP contribution in [0, 0.1) is 29.6 Å². The van der Waals surface area contributed by atoms with Gasteiger partial charge in [-0.2, -0.15) is 0 Å². The Morgan fingerprint density at radius 2 is 1.22 bits per heavy atom. The van der Waals surface area contributed by atoms with Crippen molar-refractivity contribution < 1.29 is 24.0 Å². The van der Waals surface area contributed by atoms with Crippen molar-refractivity contribution in [3.05, 3.63) is 0 Å². The lowest BCUT2D eigenvalue weighted by Gasteiger charge is -2.27. The van der Waals surface area contributed by atoms with E-state index in [1.165, 1.54) is 0 Å². The molecule has 4 N–H and O–H groups in total. The summed E-state index contributed by atoms with van der Waals surface area (Å²) in [5, 5.41) is 11.1. The van der Waals surface area contributed by atoms with Crippen LogP contribution in [-0.2, 0) is 24.0 Å². The standard InChI is InChI=1S/C28H52N4O5/c1-16(2)11-12-29-27(36)21(10)30-26(35)20(9)15-23(33)22(13-17(3)4)31-28(37)25(19(7)8)32-24(34)14-18(5)6/h16-22,25H,11-15H2,1-10H3,(H,29,36)(H,30,35)(H,31,37)(H,32,34)/t20?,21?,22-,25?/m0/s1. The topological polar surface area (TPSA) is 133 Å². The molecule has 0 bridgehead atoms. The van der Waals surface area contributed by atoms with Gasteiger partial charge < -0.3 is 21.3 Å². The summed E-state index contributed by atoms with van der Waals surface area (Å²) in [6.45, 7) is 19.4. The predicted octanol–water partition coefficient (Wildman–Crippen LogP) is 2.97. The van der Waals surface area contributed by atoms with Gasteiger partial charge >= 0.3 is 0 Å². The zero-order chi connectivity index (χ0) is 28.9. The van der Waals surface area contributed by atoms with Gasteiger partial charge in [-0.1, -0.05) is 62.3 Å². The maximum absolute atomic E-state index is 13.2. The van der Waals surface area contributed by atoms with Crippen LogP contribution in [-0.4, -0.2) is 54.1 Å². The summed E-state index contributed by atoms with van der Waals surface area (Å²) in [6, 6.07) is -2.25. The normalized spacial score (nSPS) is 14.8. The van der Waals surface area contributed by atoms with E-state index in [1.54, 1.807) is 13.8 Å². The second-order valence-electron chi connectivity index (χ2n) is 11.9. The van der Waals surface area contributed by atoms with Crippen LogP contribution < -0.4 is 21.3 Å². The van der Waals surface area contributed by atoms with Crippen LogP contribution in [0.15, 0.2) is 0 Å². The highest BCUT2D eigenvalue weighted by molar-refractivity contribution is 5.95. The van der Waals surface area contributed by atoms with E-state index < -0.39 is 35.9 Å². The van der Waals surface area contributed by atoms with Gasteiger partial charge in [-0.05, 0) is 43.4 Å². The minimum atomic E-state index is -0.775. The highest BCUT2D eigenvalue weighted by atomic mass is 16.2. The van der Waals surface area contributed by atoms with E-state index in [9.17, 15) is 24.0 Å². The Hall–Kier alpha value is -2.45. The Labute approximate surface area is 224 Å². The van der Waals surface area contributed by atoms with Crippen LogP contribution in [0.5, 0.6) is 0 Å². The highest BCUT2D eigenvalue weighted by Gasteiger charge is 2.31. The molecule has 0 aliphatic rings. The number of ketones is 1. The van der Waals surface area contributed by atoms with Gasteiger partial charge in [-0.3, -0.25) is 24.0 Å². The lowest BCUT2D eigenvalue weighted by molar-refractivity contribution is -0.134. The van der Waals surface area contributed by atoms with Crippen LogP contribution in [0.1, 0.15) is 94.9 Å². The van der Waals surface area contributed by atoms with Crippen LogP contribution in [0.3, 0.4) is 0 Å². The summed E-state index contributed by atoms with van der Waals surface area (Å²) in [6.07, 6.45) is 1.50. The highest BCUT2D eigenvalue weighted by Crippen LogP contribution is 2.14. The number of hydrogen-bond acceptors (Lipinski definition) is 5. The van der Waals surface area contributed by atoms with Crippen molar-refractivity contribution in [2.75, 3.05) is 6.54 Å². The number of nitrogens with one attached hydrogen (secondary N) is 4. The van der Waals surface area contributed by atoms with Gasteiger partial charge in [0.15, 0.2) is 5.78 Å². The second kappa shape index (κ2) is 17.1. The number of rotatable bonds is 17. The molecule has 0 heterocycles. The Bertz CT molecular complexity index is 764. The first-order chi connectivity index (χ1) is 17.0. The maximum atomic E-state index is 13.2. The molecular formula is C28H52N4O5. The van der Waals surface area contributed by atoms with E-state index >= 15 is 0 Å². The van der Waals surface area contributed by atoms with E-state index in [-0.39, 0.29) is 41.8 Å². The van der Waals surface area contributed by atoms with Gasteiger partial charge in [-0.25, -0.2) is 0 Å². The quantitative estimate of drug-likeness (QED) is 0.232. The van der Waals surface area contributed by atoms with Crippen molar-refractivity contribution in [3.63, 3.8) is 0 Å². The Kier molecular flexibility index (Phi) is 16.0. The molecule has 0 fully saturated rings. The zero-order valence-corrected chi connectivity index (χ0v) is 24.7. The van der Waals surface area contributed by atoms with Gasteiger partial charge in [0, 0.05) is 25.3 Å². The van der Waals surface area contributed by atoms with E-state index in [4.69, 9.17) is 0 Å². The van der Waals surface area contributed by atoms with E-state index in [1.807, 2.05) is 41.5 Å². The summed E-state index contributed by atoms with van der Waals surface area (Å²) in [5.74, 6) is -1.61. The van der Waals surface area contributed by atoms with E-state index in [0.29, 0.717) is 25.3 Å². The monoisotopic (exact) mass is 524 g/mol. The Balaban J connectivity index is 5.17. The molecule has 0 aliphatic heterocycles. The molecule has 0 saturated carbocycles. The molecule has 4 amide bonds. The number of hydrogen-bond donors (Lipinski definition) is 4. The lowest BCUT2D eigenvalue weighted by atomic mass is 9.93. The molecule has 0 aromatic carbocycles. The minimum absolute atomic E-state index is 0.0722. The van der Waals surface area contributed by atoms with Gasteiger partial charge in [0.1, 0.15) is 12.1 Å². The Morgan fingerprint density at radius 3 is 1.70 bits per heavy atom. The third-order valence-electron chi connectivity index (χ3n) is 6.00. The number of carbonyl (C=O) groups is 5. The smallest absolute Gasteiger partial charge is 0.243 e. The largest absolute Gasteiger partial charge is 0.354 e. The average Bonchev–Trinajstić information content (AvgIpc) is 2.75. The summed E-state index contributed by atoms with van der Waals surface area (Å²) >= 11 is 0. The first-order valence-electron chi connectivity index (χ1n) is 13.8. The molecular weight excluding hydrogens is 472 g/mol. The maximum Gasteiger partial charge on any atom is 0.243 e. The molecule has 3 unspecified atom stereocenters. The number of Topliss-reactive ketones (excluding diaryl/α,β-unsaturated/α-hetero) is 1. The number of carbonyl (C=O) groups excluding carboxylic acids is 5. The summed E-state index contributed by atoms with van der Waals surface area (Å²) in [7, 11) is 0. The van der Waals surface area contributed by atoms with Gasteiger partial charge in [0.2, 0.25) is 23.6 Å². The molecule has 0 saturated heterocycles. The second-order valence-corrected chi connectivity index (χ2v) is 11.9. The molecule has 0 rings (SSSR count). The molecule has 214 valence electrons. The molecule has 0 radical (unpaired) electrons. The van der Waals surface area contributed by atoms with Crippen molar-refractivity contribution in [2.24, 2.45) is 29.6 Å². The Morgan fingerprint density at radius 1 is 0.622 bits per heavy atom. The van der Waals surface area contributed by atoms with E-state index in [2.05, 4.69) is 35.1 Å². The first kappa shape index (κ1) is 34.6. The van der Waals surface area contributed by atoms with Crippen molar-refractivity contribution >= 4 is 29.4 Å². The fraction of sp³-hybridized carbons (Fsp3) is 0.821. The van der Waals surface area contributed by atoms with Gasteiger partial charge in [0.05, 0.1) is 6.04 Å². The third kappa shape index (κ3) is 14.8. The van der Waals surface area contributed by atoms with Crippen molar-refractivity contribution in [2.45, 2.75) is 113 Å². The molecule has 0 spiro atoms. The summed E-state index contributed by atoms with van der Waals surface area (Å²) < 4.78 is 0. The van der Waals surface area contributed by atoms with Gasteiger partial charge in [-0.15, -0.1) is 0 Å². The number of amides is 4. The van der Waals surface area contributed by atoms with Crippen molar-refractivity contribution in [3.8, 4) is 0 Å². The molecule has 9 nitrogen and oxygen atoms in total. The van der Waals surface area contributed by atoms with Crippen LogP contribution in [0.25, 0.3) is 0 Å². The van der Waals surface area contributed by atoms with Crippen LogP contribution in [0.2, 0.25) is 0 Å². The fourth-order valence-electron chi connectivity index (χ4n) is 3.74. The SMILES string of the molecule is CC(C)CCNC(=O)C(C)NC(=O)C(C)CC(=O)[C@H](CC(C)C)NC(=O)C(NC(=O)CC(C)C)C(C)C. The predicted molar refractivity (Wildman–Crippen MR) is 146 cm³/mol. The van der Waals surface area contributed by atoms with Crippen LogP contribution in [0.4, 0.5) is 0 Å². The molecule has 0 aliphatic carbocycles. The van der Waals surface area contributed by atoms with Crippen molar-refractivity contribution in [1.29, 1.82) is 0 Å². The summed E-state index contributed by atoms with van der Waals surface area (Å²) in [5.41, 5.74) is 0.